The van der Waals surface area contributed by atoms with Crippen molar-refractivity contribution < 1.29 is 22.7 Å². The summed E-state index contributed by atoms with van der Waals surface area (Å²) in [6.45, 7) is -0.505. The standard InChI is InChI=1S/C22H20N2O5S/c1-29-21(26)15-23(13-16-7-3-2-4-8-16)20(25)14-24-18-11-5-9-17-10-6-12-19(22(17)18)30(24,27)28/h2-12H,13-15H2,1H3. The summed E-state index contributed by atoms with van der Waals surface area (Å²) in [6.07, 6.45) is 0. The first-order valence-corrected chi connectivity index (χ1v) is 10.8. The van der Waals surface area contributed by atoms with E-state index in [4.69, 9.17) is 4.74 Å². The molecule has 1 heterocycles. The fraction of sp³-hybridized carbons (Fsp3) is 0.182. The molecule has 30 heavy (non-hydrogen) atoms. The summed E-state index contributed by atoms with van der Waals surface area (Å²) in [5.41, 5.74) is 1.29. The molecule has 7 nitrogen and oxygen atoms in total. The number of carbonyl (C=O) groups is 2. The Hall–Kier alpha value is -3.39. The van der Waals surface area contributed by atoms with Crippen LogP contribution < -0.4 is 4.31 Å². The van der Waals surface area contributed by atoms with Gasteiger partial charge in [0, 0.05) is 11.9 Å². The Morgan fingerprint density at radius 3 is 2.37 bits per heavy atom. The van der Waals surface area contributed by atoms with Crippen molar-refractivity contribution in [3.63, 3.8) is 0 Å². The Morgan fingerprint density at radius 1 is 0.967 bits per heavy atom. The van der Waals surface area contributed by atoms with Gasteiger partial charge in [0.15, 0.2) is 0 Å². The molecular formula is C22H20N2O5S. The maximum absolute atomic E-state index is 13.1. The van der Waals surface area contributed by atoms with Gasteiger partial charge < -0.3 is 9.64 Å². The molecular weight excluding hydrogens is 404 g/mol. The molecule has 0 saturated carbocycles. The molecule has 0 bridgehead atoms. The van der Waals surface area contributed by atoms with Crippen LogP contribution in [-0.4, -0.2) is 45.4 Å². The van der Waals surface area contributed by atoms with Crippen LogP contribution in [0, 0.1) is 0 Å². The minimum Gasteiger partial charge on any atom is -0.468 e. The summed E-state index contributed by atoms with van der Waals surface area (Å²) in [5, 5.41) is 1.40. The smallest absolute Gasteiger partial charge is 0.325 e. The number of hydrogen-bond donors (Lipinski definition) is 0. The predicted octanol–water partition coefficient (Wildman–Crippen LogP) is 2.55. The number of methoxy groups -OCH3 is 1. The van der Waals surface area contributed by atoms with E-state index in [9.17, 15) is 18.0 Å². The molecule has 154 valence electrons. The van der Waals surface area contributed by atoms with E-state index in [1.807, 2.05) is 42.5 Å². The lowest BCUT2D eigenvalue weighted by Gasteiger charge is -2.25. The van der Waals surface area contributed by atoms with Crippen molar-refractivity contribution in [3.8, 4) is 0 Å². The molecule has 0 N–H and O–H groups in total. The van der Waals surface area contributed by atoms with Crippen LogP contribution in [0.25, 0.3) is 10.8 Å². The van der Waals surface area contributed by atoms with Gasteiger partial charge in [0.1, 0.15) is 13.1 Å². The zero-order valence-corrected chi connectivity index (χ0v) is 17.1. The first-order chi connectivity index (χ1) is 14.4. The molecule has 0 spiro atoms. The largest absolute Gasteiger partial charge is 0.468 e. The Morgan fingerprint density at radius 2 is 1.67 bits per heavy atom. The van der Waals surface area contributed by atoms with E-state index >= 15 is 0 Å². The highest BCUT2D eigenvalue weighted by Gasteiger charge is 2.37. The van der Waals surface area contributed by atoms with Crippen LogP contribution in [0.15, 0.2) is 71.6 Å². The van der Waals surface area contributed by atoms with Crippen LogP contribution in [0.2, 0.25) is 0 Å². The molecule has 4 rings (SSSR count). The number of nitrogens with zero attached hydrogens (tertiary/aromatic N) is 2. The quantitative estimate of drug-likeness (QED) is 0.568. The van der Waals surface area contributed by atoms with E-state index in [2.05, 4.69) is 0 Å². The van der Waals surface area contributed by atoms with Gasteiger partial charge in [0.25, 0.3) is 10.0 Å². The molecule has 1 aliphatic heterocycles. The molecule has 3 aromatic rings. The van der Waals surface area contributed by atoms with Gasteiger partial charge in [-0.15, -0.1) is 0 Å². The third-order valence-electron chi connectivity index (χ3n) is 5.08. The number of amides is 1. The number of ether oxygens (including phenoxy) is 1. The number of hydrogen-bond acceptors (Lipinski definition) is 5. The number of anilines is 1. The molecule has 0 aromatic heterocycles. The van der Waals surface area contributed by atoms with Crippen LogP contribution >= 0.6 is 0 Å². The fourth-order valence-corrected chi connectivity index (χ4v) is 5.27. The highest BCUT2D eigenvalue weighted by atomic mass is 32.2. The lowest BCUT2D eigenvalue weighted by Crippen LogP contribution is -2.43. The summed E-state index contributed by atoms with van der Waals surface area (Å²) in [4.78, 5) is 26.5. The zero-order chi connectivity index (χ0) is 21.3. The molecule has 0 saturated heterocycles. The summed E-state index contributed by atoms with van der Waals surface area (Å²) in [5.74, 6) is -1.06. The summed E-state index contributed by atoms with van der Waals surface area (Å²) in [6, 6.07) is 19.5. The molecule has 0 aliphatic carbocycles. The summed E-state index contributed by atoms with van der Waals surface area (Å²) in [7, 11) is -2.62. The van der Waals surface area contributed by atoms with Crippen molar-refractivity contribution in [2.45, 2.75) is 11.4 Å². The van der Waals surface area contributed by atoms with Gasteiger partial charge >= 0.3 is 5.97 Å². The van der Waals surface area contributed by atoms with E-state index in [0.717, 1.165) is 15.3 Å². The number of carbonyl (C=O) groups excluding carboxylic acids is 2. The molecule has 0 fully saturated rings. The van der Waals surface area contributed by atoms with E-state index in [0.29, 0.717) is 11.1 Å². The third kappa shape index (κ3) is 3.50. The second-order valence-electron chi connectivity index (χ2n) is 6.95. The number of benzene rings is 3. The van der Waals surface area contributed by atoms with Crippen molar-refractivity contribution in [1.29, 1.82) is 0 Å². The fourth-order valence-electron chi connectivity index (χ4n) is 3.61. The molecule has 0 radical (unpaired) electrons. The van der Waals surface area contributed by atoms with Crippen LogP contribution in [0.1, 0.15) is 5.56 Å². The van der Waals surface area contributed by atoms with Gasteiger partial charge in [-0.2, -0.15) is 0 Å². The molecule has 3 aromatic carbocycles. The molecule has 1 aliphatic rings. The zero-order valence-electron chi connectivity index (χ0n) is 16.3. The summed E-state index contributed by atoms with van der Waals surface area (Å²) >= 11 is 0. The topological polar surface area (TPSA) is 84.0 Å². The number of rotatable bonds is 6. The minimum atomic E-state index is -3.86. The second-order valence-corrected chi connectivity index (χ2v) is 8.79. The van der Waals surface area contributed by atoms with Crippen molar-refractivity contribution in [1.82, 2.24) is 4.90 Å². The highest BCUT2D eigenvalue weighted by Crippen LogP contribution is 2.41. The molecule has 1 amide bonds. The monoisotopic (exact) mass is 424 g/mol. The van der Waals surface area contributed by atoms with Gasteiger partial charge in [-0.25, -0.2) is 8.42 Å². The third-order valence-corrected chi connectivity index (χ3v) is 6.88. The molecule has 0 unspecified atom stereocenters. The Bertz CT molecular complexity index is 1220. The molecule has 8 heteroatoms. The van der Waals surface area contributed by atoms with Gasteiger partial charge in [-0.05, 0) is 23.1 Å². The van der Waals surface area contributed by atoms with Crippen LogP contribution in [0.5, 0.6) is 0 Å². The van der Waals surface area contributed by atoms with Crippen LogP contribution in [-0.2, 0) is 30.9 Å². The van der Waals surface area contributed by atoms with E-state index < -0.39 is 28.4 Å². The Labute approximate surface area is 174 Å². The van der Waals surface area contributed by atoms with Crippen molar-refractivity contribution in [2.75, 3.05) is 24.5 Å². The predicted molar refractivity (Wildman–Crippen MR) is 112 cm³/mol. The van der Waals surface area contributed by atoms with Crippen molar-refractivity contribution >= 4 is 38.4 Å². The lowest BCUT2D eigenvalue weighted by atomic mass is 10.1. The maximum Gasteiger partial charge on any atom is 0.325 e. The van der Waals surface area contributed by atoms with E-state index in [1.165, 1.54) is 12.0 Å². The normalized spacial score (nSPS) is 14.0. The minimum absolute atomic E-state index is 0.166. The SMILES string of the molecule is COC(=O)CN(Cc1ccccc1)C(=O)CN1c2cccc3cccc(c23)S1(=O)=O. The van der Waals surface area contributed by atoms with Crippen molar-refractivity contribution in [2.24, 2.45) is 0 Å². The van der Waals surface area contributed by atoms with Gasteiger partial charge in [-0.3, -0.25) is 13.9 Å². The summed E-state index contributed by atoms with van der Waals surface area (Å²) < 4.78 is 32.1. The first-order valence-electron chi connectivity index (χ1n) is 9.35. The highest BCUT2D eigenvalue weighted by molar-refractivity contribution is 7.93. The van der Waals surface area contributed by atoms with Gasteiger partial charge in [-0.1, -0.05) is 54.6 Å². The average Bonchev–Trinajstić information content (AvgIpc) is 2.97. The average molecular weight is 424 g/mol. The Kier molecular flexibility index (Phi) is 5.17. The lowest BCUT2D eigenvalue weighted by molar-refractivity contribution is -0.146. The van der Waals surface area contributed by atoms with Crippen molar-refractivity contribution in [3.05, 3.63) is 72.3 Å². The van der Waals surface area contributed by atoms with Crippen LogP contribution in [0.4, 0.5) is 5.69 Å². The van der Waals surface area contributed by atoms with Crippen LogP contribution in [0.3, 0.4) is 0 Å². The molecule has 0 atom stereocenters. The number of esters is 1. The first kappa shape index (κ1) is 19.9. The van der Waals surface area contributed by atoms with E-state index in [-0.39, 0.29) is 18.0 Å². The van der Waals surface area contributed by atoms with E-state index in [1.54, 1.807) is 24.3 Å². The Balaban J connectivity index is 1.65. The number of sulfonamides is 1. The van der Waals surface area contributed by atoms with Gasteiger partial charge in [0.05, 0.1) is 17.7 Å². The maximum atomic E-state index is 13.1. The second kappa shape index (κ2) is 7.79. The van der Waals surface area contributed by atoms with Gasteiger partial charge in [0.2, 0.25) is 5.91 Å².